The number of esters is 1. The summed E-state index contributed by atoms with van der Waals surface area (Å²) in [4.78, 5) is 11.0. The lowest BCUT2D eigenvalue weighted by Crippen LogP contribution is -2.04. The zero-order chi connectivity index (χ0) is 10.7. The van der Waals surface area contributed by atoms with Gasteiger partial charge in [0.25, 0.3) is 0 Å². The largest absolute Gasteiger partial charge is 0.469 e. The fraction of sp³-hybridized carbons (Fsp3) is 0.364. The van der Waals surface area contributed by atoms with E-state index in [2.05, 4.69) is 4.74 Å². The molecule has 0 saturated heterocycles. The van der Waals surface area contributed by atoms with Gasteiger partial charge in [0.05, 0.1) is 13.5 Å². The van der Waals surface area contributed by atoms with Crippen LogP contribution in [0.4, 0.5) is 0 Å². The number of hydrogen-bond donors (Lipinski definition) is 0. The van der Waals surface area contributed by atoms with Gasteiger partial charge < -0.3 is 4.74 Å². The number of rotatable bonds is 2. The van der Waals surface area contributed by atoms with Gasteiger partial charge in [-0.1, -0.05) is 17.7 Å². The molecule has 0 spiro atoms. The highest BCUT2D eigenvalue weighted by Crippen LogP contribution is 2.21. The van der Waals surface area contributed by atoms with Crippen LogP contribution < -0.4 is 0 Å². The zero-order valence-corrected chi connectivity index (χ0v) is 9.31. The maximum absolute atomic E-state index is 11.0. The molecule has 14 heavy (non-hydrogen) atoms. The molecule has 1 aromatic rings. The van der Waals surface area contributed by atoms with E-state index >= 15 is 0 Å². The minimum absolute atomic E-state index is 0.246. The molecule has 1 aromatic carbocycles. The van der Waals surface area contributed by atoms with Crippen LogP contribution in [0.2, 0.25) is 5.02 Å². The first kappa shape index (κ1) is 11.1. The van der Waals surface area contributed by atoms with Crippen LogP contribution in [-0.4, -0.2) is 13.1 Å². The Kier molecular flexibility index (Phi) is 3.53. The lowest BCUT2D eigenvalue weighted by Gasteiger charge is -2.06. The summed E-state index contributed by atoms with van der Waals surface area (Å²) < 4.78 is 4.58. The number of carbonyl (C=O) groups excluding carboxylic acids is 1. The van der Waals surface area contributed by atoms with Crippen LogP contribution >= 0.6 is 11.6 Å². The highest BCUT2D eigenvalue weighted by Gasteiger charge is 2.06. The van der Waals surface area contributed by atoms with Crippen molar-refractivity contribution in [3.63, 3.8) is 0 Å². The molecule has 0 unspecified atom stereocenters. The zero-order valence-electron chi connectivity index (χ0n) is 8.56. The fourth-order valence-electron chi connectivity index (χ4n) is 1.23. The van der Waals surface area contributed by atoms with Crippen LogP contribution in [0.5, 0.6) is 0 Å². The van der Waals surface area contributed by atoms with Gasteiger partial charge in [-0.15, -0.1) is 0 Å². The van der Waals surface area contributed by atoms with Gasteiger partial charge in [-0.05, 0) is 36.6 Å². The summed E-state index contributed by atoms with van der Waals surface area (Å²) in [6, 6.07) is 3.76. The summed E-state index contributed by atoms with van der Waals surface area (Å²) in [6.07, 6.45) is 0.275. The van der Waals surface area contributed by atoms with Gasteiger partial charge in [-0.2, -0.15) is 0 Å². The number of methoxy groups -OCH3 is 1. The Morgan fingerprint density at radius 3 is 2.57 bits per heavy atom. The van der Waals surface area contributed by atoms with Gasteiger partial charge in [-0.3, -0.25) is 4.79 Å². The van der Waals surface area contributed by atoms with Crippen LogP contribution in [0, 0.1) is 13.8 Å². The molecule has 0 aromatic heterocycles. The van der Waals surface area contributed by atoms with E-state index in [0.717, 1.165) is 16.7 Å². The smallest absolute Gasteiger partial charge is 0.309 e. The van der Waals surface area contributed by atoms with Crippen LogP contribution in [0.3, 0.4) is 0 Å². The third-order valence-corrected chi connectivity index (χ3v) is 2.63. The highest BCUT2D eigenvalue weighted by molar-refractivity contribution is 6.31. The van der Waals surface area contributed by atoms with Gasteiger partial charge in [0.2, 0.25) is 0 Å². The molecule has 0 amide bonds. The van der Waals surface area contributed by atoms with Crippen molar-refractivity contribution in [1.82, 2.24) is 0 Å². The number of halogens is 1. The van der Waals surface area contributed by atoms with Gasteiger partial charge in [-0.25, -0.2) is 0 Å². The number of hydrogen-bond acceptors (Lipinski definition) is 2. The normalized spacial score (nSPS) is 10.0. The van der Waals surface area contributed by atoms with Crippen molar-refractivity contribution in [2.45, 2.75) is 20.3 Å². The van der Waals surface area contributed by atoms with Gasteiger partial charge in [0, 0.05) is 5.02 Å². The van der Waals surface area contributed by atoms with E-state index in [4.69, 9.17) is 11.6 Å². The monoisotopic (exact) mass is 212 g/mol. The lowest BCUT2D eigenvalue weighted by atomic mass is 10.0. The first-order chi connectivity index (χ1) is 6.54. The average molecular weight is 213 g/mol. The number of ether oxygens (including phenoxy) is 1. The Hall–Kier alpha value is -1.02. The second kappa shape index (κ2) is 4.47. The van der Waals surface area contributed by atoms with E-state index in [1.54, 1.807) is 6.07 Å². The summed E-state index contributed by atoms with van der Waals surface area (Å²) >= 11 is 5.99. The topological polar surface area (TPSA) is 26.3 Å². The predicted octanol–water partition coefficient (Wildman–Crippen LogP) is 2.67. The SMILES string of the molecule is COC(=O)Cc1cc(C)c(C)c(Cl)c1. The first-order valence-corrected chi connectivity index (χ1v) is 4.75. The molecule has 2 nitrogen and oxygen atoms in total. The Labute approximate surface area is 88.8 Å². The summed E-state index contributed by atoms with van der Waals surface area (Å²) in [5.41, 5.74) is 3.04. The van der Waals surface area contributed by atoms with Crippen LogP contribution in [0.25, 0.3) is 0 Å². The molecule has 0 radical (unpaired) electrons. The predicted molar refractivity (Wildman–Crippen MR) is 56.6 cm³/mol. The molecule has 0 fully saturated rings. The Balaban J connectivity index is 2.95. The molecule has 3 heteroatoms. The summed E-state index contributed by atoms with van der Waals surface area (Å²) in [7, 11) is 1.38. The van der Waals surface area contributed by atoms with E-state index in [1.807, 2.05) is 19.9 Å². The van der Waals surface area contributed by atoms with Crippen molar-refractivity contribution in [2.24, 2.45) is 0 Å². The Morgan fingerprint density at radius 2 is 2.07 bits per heavy atom. The molecule has 0 atom stereocenters. The van der Waals surface area contributed by atoms with Crippen molar-refractivity contribution in [3.05, 3.63) is 33.8 Å². The molecular formula is C11H13ClO2. The van der Waals surface area contributed by atoms with E-state index in [9.17, 15) is 4.79 Å². The third-order valence-electron chi connectivity index (χ3n) is 2.24. The van der Waals surface area contributed by atoms with E-state index < -0.39 is 0 Å². The van der Waals surface area contributed by atoms with Gasteiger partial charge in [0.1, 0.15) is 0 Å². The number of benzene rings is 1. The highest BCUT2D eigenvalue weighted by atomic mass is 35.5. The Morgan fingerprint density at radius 1 is 1.43 bits per heavy atom. The first-order valence-electron chi connectivity index (χ1n) is 4.37. The average Bonchev–Trinajstić information content (AvgIpc) is 2.14. The number of aryl methyl sites for hydroxylation is 1. The molecule has 0 aliphatic rings. The van der Waals surface area contributed by atoms with Crippen LogP contribution in [0.1, 0.15) is 16.7 Å². The van der Waals surface area contributed by atoms with Crippen molar-refractivity contribution in [2.75, 3.05) is 7.11 Å². The van der Waals surface area contributed by atoms with Crippen molar-refractivity contribution in [1.29, 1.82) is 0 Å². The van der Waals surface area contributed by atoms with Crippen molar-refractivity contribution in [3.8, 4) is 0 Å². The van der Waals surface area contributed by atoms with Crippen LogP contribution in [-0.2, 0) is 16.0 Å². The molecule has 0 aliphatic carbocycles. The molecular weight excluding hydrogens is 200 g/mol. The van der Waals surface area contributed by atoms with Gasteiger partial charge in [0.15, 0.2) is 0 Å². The van der Waals surface area contributed by atoms with E-state index in [1.165, 1.54) is 7.11 Å². The third kappa shape index (κ3) is 2.48. The second-order valence-corrected chi connectivity index (χ2v) is 3.68. The Bertz CT molecular complexity index is 335. The molecule has 0 aliphatic heterocycles. The molecule has 0 N–H and O–H groups in total. The maximum atomic E-state index is 11.0. The summed E-state index contributed by atoms with van der Waals surface area (Å²) in [5.74, 6) is -0.246. The molecule has 0 saturated carbocycles. The molecule has 1 rings (SSSR count). The van der Waals surface area contributed by atoms with Crippen molar-refractivity contribution < 1.29 is 9.53 Å². The van der Waals surface area contributed by atoms with Gasteiger partial charge >= 0.3 is 5.97 Å². The minimum Gasteiger partial charge on any atom is -0.469 e. The summed E-state index contributed by atoms with van der Waals surface area (Å²) in [5, 5.41) is 0.698. The summed E-state index contributed by atoms with van der Waals surface area (Å²) in [6.45, 7) is 3.93. The minimum atomic E-state index is -0.246. The molecule has 0 heterocycles. The molecule has 76 valence electrons. The maximum Gasteiger partial charge on any atom is 0.309 e. The standard InChI is InChI=1S/C11H13ClO2/c1-7-4-9(6-11(13)14-3)5-10(12)8(7)2/h4-5H,6H2,1-3H3. The fourth-order valence-corrected chi connectivity index (χ4v) is 1.52. The molecule has 0 bridgehead atoms. The van der Waals surface area contributed by atoms with E-state index in [0.29, 0.717) is 5.02 Å². The lowest BCUT2D eigenvalue weighted by molar-refractivity contribution is -0.139. The van der Waals surface area contributed by atoms with Crippen LogP contribution in [0.15, 0.2) is 12.1 Å². The van der Waals surface area contributed by atoms with E-state index in [-0.39, 0.29) is 12.4 Å². The number of carbonyl (C=O) groups is 1. The quantitative estimate of drug-likeness (QED) is 0.705. The second-order valence-electron chi connectivity index (χ2n) is 3.27. The van der Waals surface area contributed by atoms with Crippen molar-refractivity contribution >= 4 is 17.6 Å².